The maximum atomic E-state index is 4.60. The molecule has 106 valence electrons. The van der Waals surface area contributed by atoms with E-state index in [0.717, 1.165) is 35.6 Å². The molecule has 1 atom stereocenters. The predicted octanol–water partition coefficient (Wildman–Crippen LogP) is 3.22. The number of hydrogen-bond acceptors (Lipinski definition) is 4. The van der Waals surface area contributed by atoms with Crippen LogP contribution in [0.1, 0.15) is 43.3 Å². The number of hydrogen-bond donors (Lipinski definition) is 1. The first-order valence-electron chi connectivity index (χ1n) is 7.12. The van der Waals surface area contributed by atoms with Gasteiger partial charge in [0.2, 0.25) is 0 Å². The molecule has 0 spiro atoms. The third-order valence-electron chi connectivity index (χ3n) is 3.30. The van der Waals surface area contributed by atoms with Gasteiger partial charge in [0.1, 0.15) is 5.69 Å². The van der Waals surface area contributed by atoms with Crippen LogP contribution in [0.4, 0.5) is 0 Å². The van der Waals surface area contributed by atoms with Crippen molar-refractivity contribution in [3.8, 4) is 11.5 Å². The smallest absolute Gasteiger partial charge is 0.178 e. The van der Waals surface area contributed by atoms with Gasteiger partial charge < -0.3 is 5.32 Å². The monoisotopic (exact) mass is 270 g/mol. The summed E-state index contributed by atoms with van der Waals surface area (Å²) in [4.78, 5) is 13.5. The van der Waals surface area contributed by atoms with Crippen molar-refractivity contribution < 1.29 is 0 Å². The fraction of sp³-hybridized carbons (Fsp3) is 0.438. The molecular weight excluding hydrogens is 248 g/mol. The van der Waals surface area contributed by atoms with Gasteiger partial charge in [-0.3, -0.25) is 0 Å². The highest BCUT2D eigenvalue weighted by Gasteiger charge is 2.11. The molecule has 2 aromatic heterocycles. The van der Waals surface area contributed by atoms with E-state index in [1.165, 1.54) is 0 Å². The summed E-state index contributed by atoms with van der Waals surface area (Å²) in [6.45, 7) is 9.31. The van der Waals surface area contributed by atoms with Gasteiger partial charge in [-0.25, -0.2) is 15.0 Å². The zero-order valence-corrected chi connectivity index (χ0v) is 12.6. The van der Waals surface area contributed by atoms with Crippen LogP contribution in [0, 0.1) is 13.8 Å². The Morgan fingerprint density at radius 3 is 2.65 bits per heavy atom. The number of nitrogens with one attached hydrogen (secondary N) is 1. The minimum Gasteiger partial charge on any atom is -0.310 e. The van der Waals surface area contributed by atoms with Crippen LogP contribution in [0.15, 0.2) is 24.4 Å². The molecule has 2 heterocycles. The van der Waals surface area contributed by atoms with Gasteiger partial charge in [0.15, 0.2) is 5.82 Å². The average molecular weight is 270 g/mol. The van der Waals surface area contributed by atoms with Gasteiger partial charge in [0.05, 0.1) is 0 Å². The van der Waals surface area contributed by atoms with Crippen LogP contribution in [0.5, 0.6) is 0 Å². The number of aryl methyl sites for hydroxylation is 2. The van der Waals surface area contributed by atoms with Crippen molar-refractivity contribution in [3.63, 3.8) is 0 Å². The molecule has 0 radical (unpaired) electrons. The molecule has 0 amide bonds. The molecule has 0 fully saturated rings. The molecule has 2 rings (SSSR count). The van der Waals surface area contributed by atoms with Crippen LogP contribution in [-0.4, -0.2) is 21.5 Å². The van der Waals surface area contributed by atoms with Gasteiger partial charge in [-0.05, 0) is 45.9 Å². The first kappa shape index (κ1) is 14.6. The Morgan fingerprint density at radius 1 is 1.20 bits per heavy atom. The Hall–Kier alpha value is -1.81. The zero-order chi connectivity index (χ0) is 14.5. The van der Waals surface area contributed by atoms with Crippen molar-refractivity contribution in [3.05, 3.63) is 41.3 Å². The zero-order valence-electron chi connectivity index (χ0n) is 12.6. The fourth-order valence-corrected chi connectivity index (χ4v) is 2.16. The molecule has 4 nitrogen and oxygen atoms in total. The van der Waals surface area contributed by atoms with Crippen molar-refractivity contribution >= 4 is 0 Å². The van der Waals surface area contributed by atoms with Crippen molar-refractivity contribution in [1.82, 2.24) is 20.3 Å². The minimum atomic E-state index is 0.273. The topological polar surface area (TPSA) is 50.7 Å². The number of nitrogens with zero attached hydrogens (tertiary/aromatic N) is 3. The fourth-order valence-electron chi connectivity index (χ4n) is 2.16. The number of pyridine rings is 1. The molecule has 0 aromatic carbocycles. The van der Waals surface area contributed by atoms with Crippen LogP contribution >= 0.6 is 0 Å². The van der Waals surface area contributed by atoms with E-state index < -0.39 is 0 Å². The summed E-state index contributed by atoms with van der Waals surface area (Å²) in [5.74, 6) is 0.692. The second-order valence-electron chi connectivity index (χ2n) is 5.07. The molecular formula is C16H22N4. The van der Waals surface area contributed by atoms with Crippen molar-refractivity contribution in [2.45, 2.75) is 40.2 Å². The summed E-state index contributed by atoms with van der Waals surface area (Å²) < 4.78 is 0. The molecule has 0 saturated heterocycles. The highest BCUT2D eigenvalue weighted by molar-refractivity contribution is 5.49. The largest absolute Gasteiger partial charge is 0.310 e. The Labute approximate surface area is 120 Å². The lowest BCUT2D eigenvalue weighted by Gasteiger charge is -2.15. The minimum absolute atomic E-state index is 0.273. The quantitative estimate of drug-likeness (QED) is 0.906. The second-order valence-corrected chi connectivity index (χ2v) is 5.07. The van der Waals surface area contributed by atoms with E-state index >= 15 is 0 Å². The molecule has 0 aliphatic carbocycles. The third kappa shape index (κ3) is 3.39. The maximum Gasteiger partial charge on any atom is 0.178 e. The summed E-state index contributed by atoms with van der Waals surface area (Å²) >= 11 is 0. The van der Waals surface area contributed by atoms with Crippen LogP contribution < -0.4 is 5.32 Å². The molecule has 2 aromatic rings. The summed E-state index contributed by atoms with van der Waals surface area (Å²) in [5, 5.41) is 3.46. The molecule has 4 heteroatoms. The molecule has 1 N–H and O–H groups in total. The van der Waals surface area contributed by atoms with Crippen LogP contribution in [0.3, 0.4) is 0 Å². The van der Waals surface area contributed by atoms with Gasteiger partial charge in [-0.15, -0.1) is 0 Å². The molecule has 0 aliphatic rings. The van der Waals surface area contributed by atoms with E-state index in [1.54, 1.807) is 0 Å². The molecule has 20 heavy (non-hydrogen) atoms. The van der Waals surface area contributed by atoms with E-state index in [-0.39, 0.29) is 6.04 Å². The van der Waals surface area contributed by atoms with Crippen molar-refractivity contribution in [2.75, 3.05) is 6.54 Å². The predicted molar refractivity (Wildman–Crippen MR) is 81.4 cm³/mol. The number of rotatable bonds is 5. The normalized spacial score (nSPS) is 12.4. The SMILES string of the molecule is CCCNC(C)c1cnc(-c2cccc(C)n2)nc1C. The van der Waals surface area contributed by atoms with E-state index in [4.69, 9.17) is 0 Å². The first-order valence-corrected chi connectivity index (χ1v) is 7.12. The molecule has 0 saturated carbocycles. The van der Waals surface area contributed by atoms with Crippen molar-refractivity contribution in [2.24, 2.45) is 0 Å². The second kappa shape index (κ2) is 6.57. The summed E-state index contributed by atoms with van der Waals surface area (Å²) in [6, 6.07) is 6.17. The summed E-state index contributed by atoms with van der Waals surface area (Å²) in [6.07, 6.45) is 3.03. The van der Waals surface area contributed by atoms with Gasteiger partial charge >= 0.3 is 0 Å². The molecule has 0 bridgehead atoms. The highest BCUT2D eigenvalue weighted by Crippen LogP contribution is 2.18. The first-order chi connectivity index (χ1) is 9.61. The summed E-state index contributed by atoms with van der Waals surface area (Å²) in [7, 11) is 0. The maximum absolute atomic E-state index is 4.60. The van der Waals surface area contributed by atoms with Gasteiger partial charge in [-0.2, -0.15) is 0 Å². The lowest BCUT2D eigenvalue weighted by atomic mass is 10.1. The average Bonchev–Trinajstić information content (AvgIpc) is 2.44. The Morgan fingerprint density at radius 2 is 2.00 bits per heavy atom. The molecule has 1 unspecified atom stereocenters. The van der Waals surface area contributed by atoms with Crippen LogP contribution in [-0.2, 0) is 0 Å². The van der Waals surface area contributed by atoms with Gasteiger partial charge in [-0.1, -0.05) is 13.0 Å². The van der Waals surface area contributed by atoms with Crippen LogP contribution in [0.2, 0.25) is 0 Å². The van der Waals surface area contributed by atoms with E-state index in [1.807, 2.05) is 38.2 Å². The van der Waals surface area contributed by atoms with Crippen molar-refractivity contribution in [1.29, 1.82) is 0 Å². The van der Waals surface area contributed by atoms with Gasteiger partial charge in [0.25, 0.3) is 0 Å². The molecule has 0 aliphatic heterocycles. The number of aromatic nitrogens is 3. The van der Waals surface area contributed by atoms with E-state index in [0.29, 0.717) is 5.82 Å². The Balaban J connectivity index is 2.25. The lowest BCUT2D eigenvalue weighted by molar-refractivity contribution is 0.564. The Bertz CT molecular complexity index is 580. The van der Waals surface area contributed by atoms with Crippen LogP contribution in [0.25, 0.3) is 11.5 Å². The standard InChI is InChI=1S/C16H22N4/c1-5-9-17-12(3)14-10-18-16(20-13(14)4)15-8-6-7-11(2)19-15/h6-8,10,12,17H,5,9H2,1-4H3. The summed E-state index contributed by atoms with van der Waals surface area (Å²) in [5.41, 5.74) is 3.96. The lowest BCUT2D eigenvalue weighted by Crippen LogP contribution is -2.20. The highest BCUT2D eigenvalue weighted by atomic mass is 14.9. The third-order valence-corrected chi connectivity index (χ3v) is 3.30. The van der Waals surface area contributed by atoms with E-state index in [2.05, 4.69) is 34.1 Å². The van der Waals surface area contributed by atoms with Gasteiger partial charge in [0, 0.05) is 29.2 Å². The van der Waals surface area contributed by atoms with E-state index in [9.17, 15) is 0 Å². The Kier molecular flexibility index (Phi) is 4.79.